The Bertz CT molecular complexity index is 1450. The summed E-state index contributed by atoms with van der Waals surface area (Å²) in [5.74, 6) is -0.103. The molecule has 2 unspecified atom stereocenters. The zero-order valence-electron chi connectivity index (χ0n) is 22.4. The number of likely N-dealkylation sites (tertiary alicyclic amines) is 1. The monoisotopic (exact) mass is 587 g/mol. The minimum absolute atomic E-state index is 0.210. The van der Waals surface area contributed by atoms with Crippen molar-refractivity contribution in [1.82, 2.24) is 24.8 Å². The summed E-state index contributed by atoms with van der Waals surface area (Å²) in [6.45, 7) is 6.44. The van der Waals surface area contributed by atoms with Crippen molar-refractivity contribution in [2.45, 2.75) is 63.0 Å². The lowest BCUT2D eigenvalue weighted by Crippen LogP contribution is -2.43. The lowest BCUT2D eigenvalue weighted by Gasteiger charge is -2.32. The van der Waals surface area contributed by atoms with Crippen molar-refractivity contribution in [2.24, 2.45) is 5.73 Å². The second-order valence-electron chi connectivity index (χ2n) is 10.0. The maximum absolute atomic E-state index is 12.0. The summed E-state index contributed by atoms with van der Waals surface area (Å²) >= 11 is 1.18. The summed E-state index contributed by atoms with van der Waals surface area (Å²) in [5, 5.41) is 0.0433. The maximum Gasteiger partial charge on any atom is 0.277 e. The van der Waals surface area contributed by atoms with Crippen LogP contribution in [-0.4, -0.2) is 82.4 Å². The average molecular weight is 588 g/mol. The van der Waals surface area contributed by atoms with Crippen LogP contribution in [0.15, 0.2) is 36.9 Å². The van der Waals surface area contributed by atoms with Gasteiger partial charge in [-0.25, -0.2) is 18.4 Å². The zero-order chi connectivity index (χ0) is 28.3. The molecule has 6 rings (SSSR count). The number of carbonyl (C=O) groups excluding carboxylic acids is 1. The fourth-order valence-electron chi connectivity index (χ4n) is 4.86. The van der Waals surface area contributed by atoms with E-state index in [0.29, 0.717) is 42.1 Å². The van der Waals surface area contributed by atoms with E-state index in [0.717, 1.165) is 49.4 Å². The SMILES string of the molecule is CCOc1cncc(-c2cnc(C(N)=O)s2)n1.C[C@H](Cc1cc(NS(=O)(=O)C2CC2)ccn1)N1CC2CC1CO2. The molecule has 2 aliphatic heterocycles. The van der Waals surface area contributed by atoms with Crippen molar-refractivity contribution in [3.05, 3.63) is 47.6 Å². The molecule has 1 amide bonds. The number of hydrogen-bond acceptors (Lipinski definition) is 11. The summed E-state index contributed by atoms with van der Waals surface area (Å²) in [6, 6.07) is 4.50. The van der Waals surface area contributed by atoms with Crippen LogP contribution in [0, 0.1) is 0 Å². The van der Waals surface area contributed by atoms with Crippen LogP contribution in [0.1, 0.15) is 48.6 Å². The summed E-state index contributed by atoms with van der Waals surface area (Å²) in [5.41, 5.74) is 7.30. The number of nitrogens with one attached hydrogen (secondary N) is 1. The molecule has 1 aliphatic carbocycles. The third-order valence-electron chi connectivity index (χ3n) is 6.93. The molecule has 1 saturated carbocycles. The standard InChI is InChI=1S/C16H23N3O3S.C10H10N4O2S/c1-11(19-9-15-8-14(19)10-22-15)6-13-7-12(4-5-17-13)18-23(20,21)16-2-3-16;1-2-16-8-5-12-3-6(14-8)7-4-13-10(17-7)9(11)15/h4-5,7,11,14-16H,2-3,6,8-10H2,1H3,(H,17,18);3-5H,2H2,1H3,(H2,11,15)/t11-,14?,15?;/m1./s1. The number of pyridine rings is 1. The molecule has 3 aliphatic rings. The summed E-state index contributed by atoms with van der Waals surface area (Å²) in [6.07, 6.45) is 10.2. The number of sulfonamides is 1. The van der Waals surface area contributed by atoms with Gasteiger partial charge in [-0.05, 0) is 45.2 Å². The Labute approximate surface area is 237 Å². The highest BCUT2D eigenvalue weighted by atomic mass is 32.2. The first kappa shape index (κ1) is 28.3. The van der Waals surface area contributed by atoms with Crippen LogP contribution >= 0.6 is 11.3 Å². The van der Waals surface area contributed by atoms with Crippen LogP contribution in [-0.2, 0) is 21.2 Å². The van der Waals surface area contributed by atoms with Crippen molar-refractivity contribution < 1.29 is 22.7 Å². The van der Waals surface area contributed by atoms with Crippen LogP contribution in [0.2, 0.25) is 0 Å². The van der Waals surface area contributed by atoms with E-state index in [-0.39, 0.29) is 10.3 Å². The van der Waals surface area contributed by atoms with E-state index >= 15 is 0 Å². The van der Waals surface area contributed by atoms with E-state index in [1.165, 1.54) is 17.5 Å². The molecule has 3 N–H and O–H groups in total. The molecule has 0 aromatic carbocycles. The maximum atomic E-state index is 12.0. The number of hydrogen-bond donors (Lipinski definition) is 2. The number of primary amides is 1. The minimum atomic E-state index is -3.21. The van der Waals surface area contributed by atoms with Crippen LogP contribution in [0.5, 0.6) is 5.88 Å². The van der Waals surface area contributed by atoms with Gasteiger partial charge in [0, 0.05) is 43.1 Å². The Morgan fingerprint density at radius 3 is 2.77 bits per heavy atom. The Kier molecular flexibility index (Phi) is 8.59. The number of ether oxygens (including phenoxy) is 2. The van der Waals surface area contributed by atoms with Crippen LogP contribution < -0.4 is 15.2 Å². The van der Waals surface area contributed by atoms with Gasteiger partial charge >= 0.3 is 0 Å². The van der Waals surface area contributed by atoms with Gasteiger partial charge in [0.1, 0.15) is 5.69 Å². The quantitative estimate of drug-likeness (QED) is 0.360. The molecule has 14 heteroatoms. The second kappa shape index (κ2) is 12.1. The van der Waals surface area contributed by atoms with Crippen molar-refractivity contribution >= 4 is 33.0 Å². The molecule has 12 nitrogen and oxygen atoms in total. The molecule has 40 heavy (non-hydrogen) atoms. The molecule has 5 heterocycles. The smallest absolute Gasteiger partial charge is 0.277 e. The number of nitrogens with zero attached hydrogens (tertiary/aromatic N) is 5. The lowest BCUT2D eigenvalue weighted by molar-refractivity contribution is 0.0146. The number of rotatable bonds is 10. The molecule has 3 aromatic heterocycles. The molecule has 2 bridgehead atoms. The highest BCUT2D eigenvalue weighted by Crippen LogP contribution is 2.31. The molecule has 3 fully saturated rings. The van der Waals surface area contributed by atoms with Crippen LogP contribution in [0.3, 0.4) is 0 Å². The van der Waals surface area contributed by atoms with Crippen molar-refractivity contribution in [2.75, 3.05) is 24.5 Å². The first-order valence-electron chi connectivity index (χ1n) is 13.3. The van der Waals surface area contributed by atoms with Gasteiger partial charge < -0.3 is 15.2 Å². The van der Waals surface area contributed by atoms with E-state index < -0.39 is 15.9 Å². The van der Waals surface area contributed by atoms with E-state index in [1.807, 2.05) is 13.0 Å². The Balaban J connectivity index is 0.000000170. The van der Waals surface area contributed by atoms with Crippen molar-refractivity contribution in [1.29, 1.82) is 0 Å². The third kappa shape index (κ3) is 6.92. The fourth-order valence-corrected chi connectivity index (χ4v) is 6.96. The normalized spacial score (nSPS) is 20.9. The van der Waals surface area contributed by atoms with E-state index in [4.69, 9.17) is 15.2 Å². The molecular weight excluding hydrogens is 554 g/mol. The molecule has 0 spiro atoms. The Hall–Kier alpha value is -3.20. The van der Waals surface area contributed by atoms with Gasteiger partial charge in [-0.3, -0.25) is 24.4 Å². The Morgan fingerprint density at radius 1 is 1.30 bits per heavy atom. The predicted octanol–water partition coefficient (Wildman–Crippen LogP) is 2.49. The summed E-state index contributed by atoms with van der Waals surface area (Å²) in [7, 11) is -3.21. The number of amides is 1. The highest BCUT2D eigenvalue weighted by Gasteiger charge is 2.41. The second-order valence-corrected chi connectivity index (χ2v) is 13.0. The number of aromatic nitrogens is 4. The van der Waals surface area contributed by atoms with E-state index in [9.17, 15) is 13.2 Å². The molecule has 0 radical (unpaired) electrons. The number of carbonyl (C=O) groups is 1. The first-order chi connectivity index (χ1) is 19.2. The summed E-state index contributed by atoms with van der Waals surface area (Å²) in [4.78, 5) is 30.7. The average Bonchev–Trinajstić information content (AvgIpc) is 3.32. The largest absolute Gasteiger partial charge is 0.477 e. The first-order valence-corrected chi connectivity index (χ1v) is 15.6. The fraction of sp³-hybridized carbons (Fsp3) is 0.500. The van der Waals surface area contributed by atoms with Gasteiger partial charge in [0.05, 0.1) is 47.5 Å². The number of anilines is 1. The number of nitrogens with two attached hydrogens (primary N) is 1. The van der Waals surface area contributed by atoms with E-state index in [2.05, 4.69) is 36.5 Å². The minimum Gasteiger partial charge on any atom is -0.477 e. The van der Waals surface area contributed by atoms with Crippen molar-refractivity contribution in [3.8, 4) is 16.5 Å². The molecule has 214 valence electrons. The molecule has 3 aromatic rings. The van der Waals surface area contributed by atoms with Gasteiger partial charge in [-0.1, -0.05) is 0 Å². The molecule has 2 saturated heterocycles. The van der Waals surface area contributed by atoms with Crippen LogP contribution in [0.25, 0.3) is 10.6 Å². The van der Waals surface area contributed by atoms with Gasteiger partial charge in [0.15, 0.2) is 5.01 Å². The van der Waals surface area contributed by atoms with Crippen molar-refractivity contribution in [3.63, 3.8) is 0 Å². The van der Waals surface area contributed by atoms with Gasteiger partial charge in [-0.15, -0.1) is 11.3 Å². The third-order valence-corrected chi connectivity index (χ3v) is 9.83. The topological polar surface area (TPSA) is 163 Å². The lowest BCUT2D eigenvalue weighted by atomic mass is 10.1. The van der Waals surface area contributed by atoms with Crippen LogP contribution in [0.4, 0.5) is 5.69 Å². The molecule has 3 atom stereocenters. The number of morpholine rings is 1. The molecular formula is C26H33N7O5S2. The zero-order valence-corrected chi connectivity index (χ0v) is 24.0. The number of fused-ring (bicyclic) bond motifs is 2. The Morgan fingerprint density at radius 2 is 2.12 bits per heavy atom. The predicted molar refractivity (Wildman–Crippen MR) is 151 cm³/mol. The summed E-state index contributed by atoms with van der Waals surface area (Å²) < 4.78 is 37.7. The number of thiazole rings is 1. The highest BCUT2D eigenvalue weighted by molar-refractivity contribution is 7.93. The van der Waals surface area contributed by atoms with E-state index in [1.54, 1.807) is 24.7 Å². The van der Waals surface area contributed by atoms with Gasteiger partial charge in [-0.2, -0.15) is 0 Å². The van der Waals surface area contributed by atoms with Gasteiger partial charge in [0.25, 0.3) is 5.91 Å². The van der Waals surface area contributed by atoms with Gasteiger partial charge in [0.2, 0.25) is 15.9 Å².